The number of phosphoric acid groups is 1. The molecule has 0 spiro atoms. The minimum absolute atomic E-state index is 0.0169. The number of amides is 1. The highest BCUT2D eigenvalue weighted by atomic mass is 31.2. The average molecular weight is 788 g/mol. The summed E-state index contributed by atoms with van der Waals surface area (Å²) in [6.07, 6.45) is 27.3. The number of carbonyl (C=O) groups is 1. The first-order valence-corrected chi connectivity index (χ1v) is 22.6. The van der Waals surface area contributed by atoms with Gasteiger partial charge in [0, 0.05) is 18.8 Å². The van der Waals surface area contributed by atoms with Crippen LogP contribution in [0.3, 0.4) is 0 Å². The highest BCUT2D eigenvalue weighted by molar-refractivity contribution is 7.47. The van der Waals surface area contributed by atoms with E-state index in [1.54, 1.807) is 12.2 Å². The van der Waals surface area contributed by atoms with E-state index in [1.165, 1.54) is 51.4 Å². The van der Waals surface area contributed by atoms with Gasteiger partial charge in [0.05, 0.1) is 58.2 Å². The van der Waals surface area contributed by atoms with Crippen molar-refractivity contribution in [3.63, 3.8) is 0 Å². The molecule has 54 heavy (non-hydrogen) atoms. The lowest BCUT2D eigenvalue weighted by atomic mass is 9.89. The Morgan fingerprint density at radius 2 is 1.43 bits per heavy atom. The largest absolute Gasteiger partial charge is 0.472 e. The molecule has 0 bridgehead atoms. The van der Waals surface area contributed by atoms with E-state index in [0.29, 0.717) is 43.1 Å². The number of nitrogens with zero attached hydrogens (tertiary/aromatic N) is 1. The monoisotopic (exact) mass is 788 g/mol. The van der Waals surface area contributed by atoms with Gasteiger partial charge in [0.15, 0.2) is 0 Å². The summed E-state index contributed by atoms with van der Waals surface area (Å²) in [5.74, 6) is -0.698. The maximum Gasteiger partial charge on any atom is 0.472 e. The average Bonchev–Trinajstić information content (AvgIpc) is 3.37. The first-order chi connectivity index (χ1) is 25.7. The van der Waals surface area contributed by atoms with Crippen molar-refractivity contribution in [2.75, 3.05) is 40.9 Å². The first kappa shape index (κ1) is 50.6. The number of allylic oxidation sites excluding steroid dienone is 3. The minimum atomic E-state index is -4.40. The fourth-order valence-electron chi connectivity index (χ4n) is 6.68. The minimum Gasteiger partial charge on any atom is -0.393 e. The molecule has 0 aromatic rings. The molecule has 0 aromatic heterocycles. The van der Waals surface area contributed by atoms with Crippen molar-refractivity contribution in [2.24, 2.45) is 11.8 Å². The number of unbranched alkanes of at least 4 members (excludes halogenated alkanes) is 13. The van der Waals surface area contributed by atoms with Gasteiger partial charge in [-0.15, -0.1) is 0 Å². The van der Waals surface area contributed by atoms with Gasteiger partial charge in [0.2, 0.25) is 5.91 Å². The highest BCUT2D eigenvalue weighted by Crippen LogP contribution is 2.43. The standard InChI is InChI=1S/C42H79N2O9P/c1-6-8-10-11-12-13-14-15-16-17-18-23-27-39(46)38(34-53-54(50,51)52-32-31-44(3,4)5)43-42(49)28-24-20-19-22-26-36-37(41(48)33-40(36)47)30-29-35(45)25-21-9-7-2/h19,22-23,27,29-30,35-41,45-48H,6-18,20-21,24-26,28,31-34H2,1-5H3,(H-,43,49,50,51)/p+1/b22-19+,27-23+,30-29+/t35-,36+,37+,38-,39+,40-,41+/m0/s1. The van der Waals surface area contributed by atoms with Gasteiger partial charge >= 0.3 is 7.82 Å². The molecule has 0 saturated heterocycles. The fourth-order valence-corrected chi connectivity index (χ4v) is 7.42. The predicted octanol–water partition coefficient (Wildman–Crippen LogP) is 7.51. The molecule has 0 radical (unpaired) electrons. The third-order valence-corrected chi connectivity index (χ3v) is 11.2. The number of hydrogen-bond acceptors (Lipinski definition) is 8. The van der Waals surface area contributed by atoms with Crippen LogP contribution >= 0.6 is 7.82 Å². The van der Waals surface area contributed by atoms with E-state index in [4.69, 9.17) is 9.05 Å². The topological polar surface area (TPSA) is 166 Å². The molecule has 11 nitrogen and oxygen atoms in total. The van der Waals surface area contributed by atoms with Crippen LogP contribution in [0.25, 0.3) is 0 Å². The molecule has 0 aromatic carbocycles. The highest BCUT2D eigenvalue weighted by Gasteiger charge is 2.39. The van der Waals surface area contributed by atoms with Crippen molar-refractivity contribution >= 4 is 13.7 Å². The molecule has 1 rings (SSSR count). The number of nitrogens with one attached hydrogen (secondary N) is 1. The number of likely N-dealkylation sites (N-methyl/N-ethyl adjacent to an activating group) is 1. The molecule has 316 valence electrons. The van der Waals surface area contributed by atoms with Crippen LogP contribution < -0.4 is 5.32 Å². The molecular weight excluding hydrogens is 707 g/mol. The third-order valence-electron chi connectivity index (χ3n) is 10.2. The SMILES string of the molecule is CCCCCCCCCCCC/C=C/[C@@H](O)[C@H](COP(=O)(O)OCC[N+](C)(C)C)NC(=O)CCC/C=C/C[C@@H]1[C@@H](/C=C/[C@@H](O)CCCCC)[C@H](O)C[C@@H]1O. The second kappa shape index (κ2) is 29.8. The summed E-state index contributed by atoms with van der Waals surface area (Å²) in [5.41, 5.74) is 0. The summed E-state index contributed by atoms with van der Waals surface area (Å²) in [7, 11) is 1.42. The molecule has 1 aliphatic carbocycles. The van der Waals surface area contributed by atoms with Gasteiger partial charge in [-0.2, -0.15) is 0 Å². The van der Waals surface area contributed by atoms with Gasteiger partial charge < -0.3 is 35.1 Å². The van der Waals surface area contributed by atoms with E-state index >= 15 is 0 Å². The zero-order valence-electron chi connectivity index (χ0n) is 34.5. The van der Waals surface area contributed by atoms with Crippen LogP contribution in [0.2, 0.25) is 0 Å². The molecule has 8 atom stereocenters. The summed E-state index contributed by atoms with van der Waals surface area (Å²) < 4.78 is 23.5. The number of rotatable bonds is 33. The van der Waals surface area contributed by atoms with Crippen LogP contribution in [0.1, 0.15) is 142 Å². The quantitative estimate of drug-likeness (QED) is 0.0171. The summed E-state index contributed by atoms with van der Waals surface area (Å²) in [4.78, 5) is 23.2. The molecular formula is C42H80N2O9P+. The maximum atomic E-state index is 12.9. The number of hydrogen-bond donors (Lipinski definition) is 6. The van der Waals surface area contributed by atoms with Gasteiger partial charge in [-0.05, 0) is 44.4 Å². The molecule has 1 fully saturated rings. The van der Waals surface area contributed by atoms with Crippen molar-refractivity contribution in [1.82, 2.24) is 5.32 Å². The summed E-state index contributed by atoms with van der Waals surface area (Å²) >= 11 is 0. The second-order valence-electron chi connectivity index (χ2n) is 16.3. The van der Waals surface area contributed by atoms with Crippen molar-refractivity contribution in [2.45, 2.75) is 173 Å². The number of carbonyl (C=O) groups excluding carboxylic acids is 1. The van der Waals surface area contributed by atoms with Crippen LogP contribution in [0.4, 0.5) is 0 Å². The van der Waals surface area contributed by atoms with Crippen molar-refractivity contribution in [3.05, 3.63) is 36.5 Å². The number of quaternary nitrogens is 1. The zero-order chi connectivity index (χ0) is 40.2. The third kappa shape index (κ3) is 25.7. The molecule has 1 amide bonds. The van der Waals surface area contributed by atoms with Crippen LogP contribution in [0, 0.1) is 11.8 Å². The molecule has 0 heterocycles. The van der Waals surface area contributed by atoms with Gasteiger partial charge in [-0.1, -0.05) is 127 Å². The van der Waals surface area contributed by atoms with Gasteiger partial charge in [0.25, 0.3) is 0 Å². The van der Waals surface area contributed by atoms with E-state index in [2.05, 4.69) is 19.2 Å². The summed E-state index contributed by atoms with van der Waals surface area (Å²) in [5, 5.41) is 45.1. The fraction of sp³-hybridized carbons (Fsp3) is 0.833. The summed E-state index contributed by atoms with van der Waals surface area (Å²) in [6.45, 7) is 4.47. The van der Waals surface area contributed by atoms with Gasteiger partial charge in [-0.25, -0.2) is 4.57 Å². The van der Waals surface area contributed by atoms with E-state index in [-0.39, 0.29) is 30.8 Å². The molecule has 1 aliphatic rings. The van der Waals surface area contributed by atoms with Gasteiger partial charge in [-0.3, -0.25) is 13.8 Å². The number of aliphatic hydroxyl groups excluding tert-OH is 4. The first-order valence-electron chi connectivity index (χ1n) is 21.1. The van der Waals surface area contributed by atoms with Crippen LogP contribution in [0.5, 0.6) is 0 Å². The van der Waals surface area contributed by atoms with Crippen LogP contribution in [0.15, 0.2) is 36.5 Å². The van der Waals surface area contributed by atoms with Crippen molar-refractivity contribution < 1.29 is 48.2 Å². The number of phosphoric ester groups is 1. The van der Waals surface area contributed by atoms with E-state index in [9.17, 15) is 34.7 Å². The summed E-state index contributed by atoms with van der Waals surface area (Å²) in [6, 6.07) is -0.940. The van der Waals surface area contributed by atoms with Crippen molar-refractivity contribution in [3.8, 4) is 0 Å². The van der Waals surface area contributed by atoms with Gasteiger partial charge in [0.1, 0.15) is 13.2 Å². The lowest BCUT2D eigenvalue weighted by molar-refractivity contribution is -0.870. The van der Waals surface area contributed by atoms with Crippen LogP contribution in [-0.2, 0) is 18.4 Å². The molecule has 6 N–H and O–H groups in total. The Hall–Kier alpha value is -1.40. The van der Waals surface area contributed by atoms with E-state index in [0.717, 1.165) is 38.5 Å². The molecule has 0 aliphatic heterocycles. The molecule has 12 heteroatoms. The molecule has 1 saturated carbocycles. The smallest absolute Gasteiger partial charge is 0.393 e. The van der Waals surface area contributed by atoms with E-state index in [1.807, 2.05) is 45.4 Å². The lowest BCUT2D eigenvalue weighted by Gasteiger charge is -2.25. The predicted molar refractivity (Wildman–Crippen MR) is 219 cm³/mol. The molecule has 1 unspecified atom stereocenters. The zero-order valence-corrected chi connectivity index (χ0v) is 35.4. The Bertz CT molecular complexity index is 1100. The van der Waals surface area contributed by atoms with Crippen molar-refractivity contribution in [1.29, 1.82) is 0 Å². The van der Waals surface area contributed by atoms with Crippen LogP contribution in [-0.4, -0.2) is 107 Å². The Morgan fingerprint density at radius 3 is 2.07 bits per heavy atom. The van der Waals surface area contributed by atoms with E-state index < -0.39 is 44.9 Å². The normalized spacial score (nSPS) is 22.3. The second-order valence-corrected chi connectivity index (χ2v) is 17.8. The Labute approximate surface area is 328 Å². The Morgan fingerprint density at radius 1 is 0.815 bits per heavy atom. The lowest BCUT2D eigenvalue weighted by Crippen LogP contribution is -2.45. The number of aliphatic hydroxyl groups is 4. The Kier molecular flexibility index (Phi) is 27.9. The maximum absolute atomic E-state index is 12.9. The Balaban J connectivity index is 2.62.